The van der Waals surface area contributed by atoms with Crippen molar-refractivity contribution in [2.45, 2.75) is 12.8 Å². The summed E-state index contributed by atoms with van der Waals surface area (Å²) < 4.78 is 14.7. The fraction of sp³-hybridized carbons (Fsp3) is 0.300. The molecule has 7 heteroatoms. The first-order chi connectivity index (χ1) is 13.0. The van der Waals surface area contributed by atoms with E-state index in [4.69, 9.17) is 14.2 Å². The number of hydrogen-bond acceptors (Lipinski definition) is 7. The maximum Gasteiger partial charge on any atom is 0.335 e. The standard InChI is InChI=1S/C20H19NO6/c1-4-27-20(24)16-14(15(18(22)25-2)17(16)19(23)26-3)13-10-9-11-7-5-6-8-12(11)21-13/h5-10,14-15H,4H2,1-3H3/t14-,15+/m1/s1. The van der Waals surface area contributed by atoms with Gasteiger partial charge in [-0.25, -0.2) is 9.59 Å². The van der Waals surface area contributed by atoms with Gasteiger partial charge in [-0.2, -0.15) is 0 Å². The number of fused-ring (bicyclic) bond motifs is 1. The lowest BCUT2D eigenvalue weighted by atomic mass is 9.65. The minimum atomic E-state index is -0.976. The highest BCUT2D eigenvalue weighted by Gasteiger charge is 2.53. The normalized spacial score (nSPS) is 18.6. The number of aromatic nitrogens is 1. The van der Waals surface area contributed by atoms with Crippen molar-refractivity contribution in [3.05, 3.63) is 53.2 Å². The number of nitrogens with zero attached hydrogens (tertiary/aromatic N) is 1. The highest BCUT2D eigenvalue weighted by Crippen LogP contribution is 2.49. The van der Waals surface area contributed by atoms with Crippen LogP contribution in [0, 0.1) is 5.92 Å². The summed E-state index contributed by atoms with van der Waals surface area (Å²) in [6.45, 7) is 1.80. The number of carbonyl (C=O) groups is 3. The van der Waals surface area contributed by atoms with E-state index in [2.05, 4.69) is 4.98 Å². The third kappa shape index (κ3) is 3.16. The Kier molecular flexibility index (Phi) is 5.21. The van der Waals surface area contributed by atoms with Crippen molar-refractivity contribution in [3.8, 4) is 0 Å². The second-order valence-electron chi connectivity index (χ2n) is 5.95. The average Bonchev–Trinajstić information content (AvgIpc) is 2.67. The molecule has 2 atom stereocenters. The molecule has 0 saturated heterocycles. The summed E-state index contributed by atoms with van der Waals surface area (Å²) in [7, 11) is 2.42. The molecule has 0 spiro atoms. The summed E-state index contributed by atoms with van der Waals surface area (Å²) in [6.07, 6.45) is 0. The largest absolute Gasteiger partial charge is 0.469 e. The zero-order valence-corrected chi connectivity index (χ0v) is 15.2. The van der Waals surface area contributed by atoms with E-state index in [-0.39, 0.29) is 17.8 Å². The molecule has 0 radical (unpaired) electrons. The highest BCUT2D eigenvalue weighted by atomic mass is 16.5. The molecule has 2 aromatic rings. The van der Waals surface area contributed by atoms with Crippen LogP contribution in [0.25, 0.3) is 10.9 Å². The van der Waals surface area contributed by atoms with E-state index in [1.165, 1.54) is 14.2 Å². The highest BCUT2D eigenvalue weighted by molar-refractivity contribution is 6.10. The van der Waals surface area contributed by atoms with Gasteiger partial charge in [0.25, 0.3) is 0 Å². The third-order valence-electron chi connectivity index (χ3n) is 4.54. The predicted molar refractivity (Wildman–Crippen MR) is 95.7 cm³/mol. The predicted octanol–water partition coefficient (Wildman–Crippen LogP) is 2.15. The molecule has 3 rings (SSSR count). The van der Waals surface area contributed by atoms with Gasteiger partial charge >= 0.3 is 17.9 Å². The maximum atomic E-state index is 12.5. The molecule has 140 valence electrons. The number of methoxy groups -OCH3 is 2. The molecule has 0 N–H and O–H groups in total. The molecule has 0 amide bonds. The molecule has 27 heavy (non-hydrogen) atoms. The van der Waals surface area contributed by atoms with Gasteiger partial charge < -0.3 is 14.2 Å². The van der Waals surface area contributed by atoms with Crippen LogP contribution >= 0.6 is 0 Å². The number of esters is 3. The Balaban J connectivity index is 2.16. The van der Waals surface area contributed by atoms with Gasteiger partial charge in [0.1, 0.15) is 5.92 Å². The van der Waals surface area contributed by atoms with Crippen molar-refractivity contribution < 1.29 is 28.6 Å². The van der Waals surface area contributed by atoms with Crippen LogP contribution in [0.5, 0.6) is 0 Å². The molecule has 1 heterocycles. The SMILES string of the molecule is CCOC(=O)C1=C(C(=O)OC)[C@@H](C(=O)OC)[C@H]1c1ccc2ccccc2n1. The van der Waals surface area contributed by atoms with Crippen LogP contribution in [-0.4, -0.2) is 43.7 Å². The van der Waals surface area contributed by atoms with Crippen molar-refractivity contribution >= 4 is 28.8 Å². The van der Waals surface area contributed by atoms with Crippen molar-refractivity contribution in [2.75, 3.05) is 20.8 Å². The Hall–Kier alpha value is -3.22. The zero-order valence-electron chi connectivity index (χ0n) is 15.2. The minimum absolute atomic E-state index is 0.0391. The third-order valence-corrected chi connectivity index (χ3v) is 4.54. The lowest BCUT2D eigenvalue weighted by molar-refractivity contribution is -0.151. The Labute approximate surface area is 155 Å². The van der Waals surface area contributed by atoms with E-state index in [1.807, 2.05) is 30.3 Å². The Morgan fingerprint density at radius 1 is 0.963 bits per heavy atom. The van der Waals surface area contributed by atoms with Crippen LogP contribution < -0.4 is 0 Å². The minimum Gasteiger partial charge on any atom is -0.469 e. The Bertz CT molecular complexity index is 948. The van der Waals surface area contributed by atoms with Gasteiger partial charge in [0.15, 0.2) is 0 Å². The lowest BCUT2D eigenvalue weighted by Crippen LogP contribution is -2.43. The summed E-state index contributed by atoms with van der Waals surface area (Å²) in [5, 5.41) is 0.921. The molecule has 1 aliphatic rings. The van der Waals surface area contributed by atoms with Gasteiger partial charge in [0.05, 0.1) is 49.1 Å². The number of benzene rings is 1. The number of ether oxygens (including phenoxy) is 3. The van der Waals surface area contributed by atoms with E-state index in [0.717, 1.165) is 5.39 Å². The number of hydrogen-bond donors (Lipinski definition) is 0. The molecule has 0 aliphatic heterocycles. The van der Waals surface area contributed by atoms with Crippen LogP contribution in [0.4, 0.5) is 0 Å². The lowest BCUT2D eigenvalue weighted by Gasteiger charge is -2.37. The summed E-state index contributed by atoms with van der Waals surface area (Å²) in [6, 6.07) is 11.1. The number of rotatable bonds is 5. The fourth-order valence-electron chi connectivity index (χ4n) is 3.32. The van der Waals surface area contributed by atoms with Crippen molar-refractivity contribution in [3.63, 3.8) is 0 Å². The van der Waals surface area contributed by atoms with Gasteiger partial charge in [-0.3, -0.25) is 9.78 Å². The number of pyridine rings is 1. The summed E-state index contributed by atoms with van der Waals surface area (Å²) >= 11 is 0. The monoisotopic (exact) mass is 369 g/mol. The molecular formula is C20H19NO6. The fourth-order valence-corrected chi connectivity index (χ4v) is 3.32. The Morgan fingerprint density at radius 3 is 2.37 bits per heavy atom. The van der Waals surface area contributed by atoms with E-state index >= 15 is 0 Å². The molecule has 1 aliphatic carbocycles. The first-order valence-electron chi connectivity index (χ1n) is 8.46. The Morgan fingerprint density at radius 2 is 1.70 bits per heavy atom. The van der Waals surface area contributed by atoms with E-state index < -0.39 is 29.7 Å². The van der Waals surface area contributed by atoms with Gasteiger partial charge in [-0.05, 0) is 19.1 Å². The summed E-state index contributed by atoms with van der Waals surface area (Å²) in [4.78, 5) is 41.6. The van der Waals surface area contributed by atoms with Gasteiger partial charge in [0, 0.05) is 5.39 Å². The molecule has 0 unspecified atom stereocenters. The zero-order chi connectivity index (χ0) is 19.6. The van der Waals surface area contributed by atoms with Crippen LogP contribution in [0.2, 0.25) is 0 Å². The molecule has 1 aromatic carbocycles. The molecular weight excluding hydrogens is 350 g/mol. The first-order valence-corrected chi connectivity index (χ1v) is 8.46. The van der Waals surface area contributed by atoms with E-state index in [9.17, 15) is 14.4 Å². The van der Waals surface area contributed by atoms with E-state index in [0.29, 0.717) is 11.2 Å². The van der Waals surface area contributed by atoms with Crippen LogP contribution in [0.3, 0.4) is 0 Å². The van der Waals surface area contributed by atoms with Crippen molar-refractivity contribution in [2.24, 2.45) is 5.92 Å². The quantitative estimate of drug-likeness (QED) is 0.589. The van der Waals surface area contributed by atoms with Crippen molar-refractivity contribution in [1.82, 2.24) is 4.98 Å². The average molecular weight is 369 g/mol. The van der Waals surface area contributed by atoms with E-state index in [1.54, 1.807) is 13.0 Å². The number of carbonyl (C=O) groups excluding carboxylic acids is 3. The second kappa shape index (κ2) is 7.57. The number of para-hydroxylation sites is 1. The molecule has 0 fully saturated rings. The van der Waals surface area contributed by atoms with Crippen molar-refractivity contribution in [1.29, 1.82) is 0 Å². The van der Waals surface area contributed by atoms with Gasteiger partial charge in [0.2, 0.25) is 0 Å². The molecule has 7 nitrogen and oxygen atoms in total. The molecule has 1 aromatic heterocycles. The van der Waals surface area contributed by atoms with Crippen LogP contribution in [0.1, 0.15) is 18.5 Å². The van der Waals surface area contributed by atoms with Crippen LogP contribution in [0.15, 0.2) is 47.5 Å². The maximum absolute atomic E-state index is 12.5. The second-order valence-corrected chi connectivity index (χ2v) is 5.95. The summed E-state index contributed by atoms with van der Waals surface area (Å²) in [5.74, 6) is -3.78. The first kappa shape index (κ1) is 18.6. The van der Waals surface area contributed by atoms with Gasteiger partial charge in [-0.15, -0.1) is 0 Å². The topological polar surface area (TPSA) is 91.8 Å². The smallest absolute Gasteiger partial charge is 0.335 e. The van der Waals surface area contributed by atoms with Crippen LogP contribution in [-0.2, 0) is 28.6 Å². The molecule has 0 bridgehead atoms. The van der Waals surface area contributed by atoms with Gasteiger partial charge in [-0.1, -0.05) is 24.3 Å². The molecule has 0 saturated carbocycles. The summed E-state index contributed by atoms with van der Waals surface area (Å²) in [5.41, 5.74) is 1.25.